The minimum Gasteiger partial charge on any atom is -0.395 e. The van der Waals surface area contributed by atoms with Crippen LogP contribution in [0.3, 0.4) is 0 Å². The van der Waals surface area contributed by atoms with Gasteiger partial charge in [-0.2, -0.15) is 0 Å². The molecule has 0 aliphatic rings. The Labute approximate surface area is 63.6 Å². The van der Waals surface area contributed by atoms with Crippen LogP contribution in [0, 0.1) is 0 Å². The minimum absolute atomic E-state index is 0.272. The molecule has 10 heavy (non-hydrogen) atoms. The van der Waals surface area contributed by atoms with Crippen LogP contribution in [0.2, 0.25) is 0 Å². The summed E-state index contributed by atoms with van der Waals surface area (Å²) < 4.78 is 0. The van der Waals surface area contributed by atoms with Crippen molar-refractivity contribution in [3.63, 3.8) is 0 Å². The average molecular weight is 145 g/mol. The minimum atomic E-state index is 0.272. The lowest BCUT2D eigenvalue weighted by Crippen LogP contribution is -2.32. The van der Waals surface area contributed by atoms with Gasteiger partial charge in [0.1, 0.15) is 0 Å². The molecule has 2 N–H and O–H groups in total. The molecule has 0 rings (SSSR count). The van der Waals surface area contributed by atoms with Crippen LogP contribution in [0.15, 0.2) is 0 Å². The van der Waals surface area contributed by atoms with Gasteiger partial charge in [0.15, 0.2) is 0 Å². The number of rotatable bonds is 6. The van der Waals surface area contributed by atoms with E-state index in [9.17, 15) is 0 Å². The molecule has 0 unspecified atom stereocenters. The second kappa shape index (κ2) is 7.03. The normalized spacial score (nSPS) is 13.5. The first-order valence-corrected chi connectivity index (χ1v) is 4.19. The predicted molar refractivity (Wildman–Crippen MR) is 44.1 cm³/mol. The Hall–Kier alpha value is -0.0800. The first-order chi connectivity index (χ1) is 4.85. The monoisotopic (exact) mass is 145 g/mol. The van der Waals surface area contributed by atoms with Crippen molar-refractivity contribution in [1.29, 1.82) is 0 Å². The van der Waals surface area contributed by atoms with Gasteiger partial charge < -0.3 is 10.4 Å². The zero-order valence-electron chi connectivity index (χ0n) is 7.06. The van der Waals surface area contributed by atoms with Crippen molar-refractivity contribution in [3.05, 3.63) is 0 Å². The molecule has 0 saturated carbocycles. The summed E-state index contributed by atoms with van der Waals surface area (Å²) >= 11 is 0. The highest BCUT2D eigenvalue weighted by atomic mass is 16.3. The molecule has 0 saturated heterocycles. The fourth-order valence-corrected chi connectivity index (χ4v) is 0.955. The molecule has 0 aromatic rings. The fraction of sp³-hybridized carbons (Fsp3) is 1.00. The van der Waals surface area contributed by atoms with Gasteiger partial charge in [0.2, 0.25) is 0 Å². The molecule has 1 atom stereocenters. The quantitative estimate of drug-likeness (QED) is 0.587. The van der Waals surface area contributed by atoms with Gasteiger partial charge in [-0.05, 0) is 19.4 Å². The summed E-state index contributed by atoms with van der Waals surface area (Å²) in [6.45, 7) is 5.56. The summed E-state index contributed by atoms with van der Waals surface area (Å²) in [4.78, 5) is 0. The zero-order chi connectivity index (χ0) is 7.82. The lowest BCUT2D eigenvalue weighted by molar-refractivity contribution is 0.235. The van der Waals surface area contributed by atoms with Crippen molar-refractivity contribution in [2.75, 3.05) is 13.2 Å². The van der Waals surface area contributed by atoms with E-state index in [-0.39, 0.29) is 6.61 Å². The van der Waals surface area contributed by atoms with Crippen molar-refractivity contribution in [1.82, 2.24) is 5.32 Å². The summed E-state index contributed by atoms with van der Waals surface area (Å²) in [5, 5.41) is 12.1. The Kier molecular flexibility index (Phi) is 6.98. The topological polar surface area (TPSA) is 32.3 Å². The molecule has 0 heterocycles. The smallest absolute Gasteiger partial charge is 0.0584 e. The summed E-state index contributed by atoms with van der Waals surface area (Å²) in [5.41, 5.74) is 0. The highest BCUT2D eigenvalue weighted by Crippen LogP contribution is 1.94. The van der Waals surface area contributed by atoms with E-state index in [2.05, 4.69) is 19.2 Å². The van der Waals surface area contributed by atoms with Crippen LogP contribution >= 0.6 is 0 Å². The zero-order valence-corrected chi connectivity index (χ0v) is 7.06. The van der Waals surface area contributed by atoms with Gasteiger partial charge in [-0.15, -0.1) is 0 Å². The summed E-state index contributed by atoms with van der Waals surface area (Å²) in [6.07, 6.45) is 3.36. The lowest BCUT2D eigenvalue weighted by atomic mass is 10.2. The first-order valence-electron chi connectivity index (χ1n) is 4.19. The molecule has 2 heteroatoms. The van der Waals surface area contributed by atoms with E-state index in [0.29, 0.717) is 6.04 Å². The van der Waals surface area contributed by atoms with Crippen LogP contribution in [-0.2, 0) is 0 Å². The Bertz CT molecular complexity index is 66.3. The van der Waals surface area contributed by atoms with E-state index in [1.165, 1.54) is 0 Å². The summed E-state index contributed by atoms with van der Waals surface area (Å²) in [6, 6.07) is 0.324. The van der Waals surface area contributed by atoms with Crippen LogP contribution in [0.4, 0.5) is 0 Å². The molecule has 62 valence electrons. The van der Waals surface area contributed by atoms with Crippen LogP contribution in [0.1, 0.15) is 33.1 Å². The molecule has 0 amide bonds. The van der Waals surface area contributed by atoms with Crippen molar-refractivity contribution in [2.45, 2.75) is 39.2 Å². The maximum Gasteiger partial charge on any atom is 0.0584 e. The molecule has 0 radical (unpaired) electrons. The second-order valence-corrected chi connectivity index (χ2v) is 2.62. The molecule has 0 aromatic heterocycles. The van der Waals surface area contributed by atoms with E-state index >= 15 is 0 Å². The predicted octanol–water partition coefficient (Wildman–Crippen LogP) is 1.15. The molecule has 0 bridgehead atoms. The highest BCUT2D eigenvalue weighted by molar-refractivity contribution is 4.63. The van der Waals surface area contributed by atoms with E-state index in [4.69, 9.17) is 5.11 Å². The van der Waals surface area contributed by atoms with Crippen LogP contribution in [-0.4, -0.2) is 24.3 Å². The van der Waals surface area contributed by atoms with Gasteiger partial charge in [-0.1, -0.05) is 20.3 Å². The number of nitrogens with one attached hydrogen (secondary N) is 1. The van der Waals surface area contributed by atoms with Crippen molar-refractivity contribution in [2.24, 2.45) is 0 Å². The third-order valence-corrected chi connectivity index (χ3v) is 1.54. The van der Waals surface area contributed by atoms with E-state index in [1.807, 2.05) is 0 Å². The van der Waals surface area contributed by atoms with Gasteiger partial charge in [0.05, 0.1) is 6.61 Å². The molecule has 0 fully saturated rings. The molecule has 0 aromatic carbocycles. The molecular weight excluding hydrogens is 126 g/mol. The molecular formula is C8H19NO. The molecule has 0 aliphatic heterocycles. The van der Waals surface area contributed by atoms with Gasteiger partial charge in [0.25, 0.3) is 0 Å². The van der Waals surface area contributed by atoms with Gasteiger partial charge in [-0.25, -0.2) is 0 Å². The summed E-state index contributed by atoms with van der Waals surface area (Å²) in [7, 11) is 0. The Morgan fingerprint density at radius 2 is 2.00 bits per heavy atom. The molecule has 0 spiro atoms. The van der Waals surface area contributed by atoms with Crippen molar-refractivity contribution < 1.29 is 5.11 Å². The number of hydrogen-bond acceptors (Lipinski definition) is 2. The van der Waals surface area contributed by atoms with Crippen LogP contribution in [0.5, 0.6) is 0 Å². The first kappa shape index (κ1) is 9.92. The number of aliphatic hydroxyl groups is 1. The Balaban J connectivity index is 3.21. The van der Waals surface area contributed by atoms with Crippen LogP contribution in [0.25, 0.3) is 0 Å². The third-order valence-electron chi connectivity index (χ3n) is 1.54. The fourth-order valence-electron chi connectivity index (χ4n) is 0.955. The number of hydrogen-bond donors (Lipinski definition) is 2. The Morgan fingerprint density at radius 1 is 1.30 bits per heavy atom. The Morgan fingerprint density at radius 3 is 2.40 bits per heavy atom. The highest BCUT2D eigenvalue weighted by Gasteiger charge is 2.02. The van der Waals surface area contributed by atoms with E-state index < -0.39 is 0 Å². The second-order valence-electron chi connectivity index (χ2n) is 2.62. The maximum atomic E-state index is 8.82. The lowest BCUT2D eigenvalue weighted by Gasteiger charge is -2.13. The SMILES string of the molecule is CCCN[C@@H](CO)CCC. The van der Waals surface area contributed by atoms with Crippen molar-refractivity contribution >= 4 is 0 Å². The average Bonchev–Trinajstić information content (AvgIpc) is 1.98. The van der Waals surface area contributed by atoms with Crippen molar-refractivity contribution in [3.8, 4) is 0 Å². The van der Waals surface area contributed by atoms with Crippen LogP contribution < -0.4 is 5.32 Å². The third kappa shape index (κ3) is 4.77. The van der Waals surface area contributed by atoms with E-state index in [0.717, 1.165) is 25.8 Å². The van der Waals surface area contributed by atoms with Gasteiger partial charge in [0, 0.05) is 6.04 Å². The standard InChI is InChI=1S/C8H19NO/c1-3-5-8(7-10)9-6-4-2/h8-10H,3-7H2,1-2H3/t8-/m1/s1. The van der Waals surface area contributed by atoms with Gasteiger partial charge >= 0.3 is 0 Å². The largest absolute Gasteiger partial charge is 0.395 e. The molecule has 0 aliphatic carbocycles. The van der Waals surface area contributed by atoms with E-state index in [1.54, 1.807) is 0 Å². The van der Waals surface area contributed by atoms with Gasteiger partial charge in [-0.3, -0.25) is 0 Å². The summed E-state index contributed by atoms with van der Waals surface area (Å²) in [5.74, 6) is 0. The number of aliphatic hydroxyl groups excluding tert-OH is 1. The maximum absolute atomic E-state index is 8.82. The molecule has 2 nitrogen and oxygen atoms in total.